The lowest BCUT2D eigenvalue weighted by Gasteiger charge is -2.06. The van der Waals surface area contributed by atoms with Crippen molar-refractivity contribution >= 4 is 34.6 Å². The van der Waals surface area contributed by atoms with Gasteiger partial charge in [-0.05, 0) is 23.8 Å². The molecule has 6 heteroatoms. The molecule has 3 amide bonds. The van der Waals surface area contributed by atoms with E-state index in [9.17, 15) is 19.2 Å². The SMILES string of the molecule is C=CC(=O)Cl.C=CC(=O)N1C(=O)CCC1=O. The Bertz CT molecular complexity index is 346. The number of halogens is 1. The van der Waals surface area contributed by atoms with E-state index in [1.54, 1.807) is 0 Å². The summed E-state index contributed by atoms with van der Waals surface area (Å²) in [4.78, 5) is 42.5. The third kappa shape index (κ3) is 4.18. The number of rotatable bonds is 2. The number of imide groups is 3. The van der Waals surface area contributed by atoms with E-state index in [0.717, 1.165) is 12.2 Å². The van der Waals surface area contributed by atoms with Crippen molar-refractivity contribution in [2.75, 3.05) is 0 Å². The van der Waals surface area contributed by atoms with E-state index >= 15 is 0 Å². The Kier molecular flexibility index (Phi) is 5.95. The number of allylic oxidation sites excluding steroid dienone is 1. The number of nitrogens with zero attached hydrogens (tertiary/aromatic N) is 1. The van der Waals surface area contributed by atoms with Gasteiger partial charge in [-0.2, -0.15) is 0 Å². The zero-order valence-electron chi connectivity index (χ0n) is 8.44. The van der Waals surface area contributed by atoms with Gasteiger partial charge in [-0.15, -0.1) is 0 Å². The standard InChI is InChI=1S/C7H7NO3.C3H3ClO/c1-2-5(9)8-6(10)3-4-7(8)11;1-2-3(4)5/h2H,1,3-4H2;2H,1H2. The van der Waals surface area contributed by atoms with Gasteiger partial charge in [0.1, 0.15) is 0 Å². The lowest BCUT2D eigenvalue weighted by molar-refractivity contribution is -0.146. The van der Waals surface area contributed by atoms with E-state index in [2.05, 4.69) is 13.2 Å². The number of carbonyl (C=O) groups excluding carboxylic acids is 4. The first-order valence-electron chi connectivity index (χ1n) is 4.28. The zero-order chi connectivity index (χ0) is 12.7. The van der Waals surface area contributed by atoms with E-state index in [-0.39, 0.29) is 12.8 Å². The minimum absolute atomic E-state index is 0.137. The maximum atomic E-state index is 10.8. The van der Waals surface area contributed by atoms with E-state index < -0.39 is 23.0 Å². The van der Waals surface area contributed by atoms with Crippen LogP contribution in [0.3, 0.4) is 0 Å². The van der Waals surface area contributed by atoms with E-state index in [1.807, 2.05) is 0 Å². The average molecular weight is 244 g/mol. The monoisotopic (exact) mass is 243 g/mol. The number of hydrogen-bond acceptors (Lipinski definition) is 4. The van der Waals surface area contributed by atoms with Crippen LogP contribution in [-0.2, 0) is 19.2 Å². The van der Waals surface area contributed by atoms with Crippen LogP contribution in [0.25, 0.3) is 0 Å². The van der Waals surface area contributed by atoms with Crippen molar-refractivity contribution in [1.82, 2.24) is 4.90 Å². The van der Waals surface area contributed by atoms with Crippen LogP contribution in [0, 0.1) is 0 Å². The van der Waals surface area contributed by atoms with Crippen molar-refractivity contribution in [2.45, 2.75) is 12.8 Å². The van der Waals surface area contributed by atoms with Crippen LogP contribution in [0.2, 0.25) is 0 Å². The Labute approximate surface area is 97.4 Å². The number of likely N-dealkylation sites (tertiary alicyclic amines) is 1. The molecule has 0 aliphatic carbocycles. The Balaban J connectivity index is 0.000000385. The van der Waals surface area contributed by atoms with Crippen molar-refractivity contribution in [1.29, 1.82) is 0 Å². The predicted octanol–water partition coefficient (Wildman–Crippen LogP) is 0.786. The highest BCUT2D eigenvalue weighted by molar-refractivity contribution is 6.66. The molecule has 1 aliphatic rings. The summed E-state index contributed by atoms with van der Waals surface area (Å²) in [6.07, 6.45) is 2.28. The maximum Gasteiger partial charge on any atom is 0.259 e. The smallest absolute Gasteiger partial charge is 0.259 e. The quantitative estimate of drug-likeness (QED) is 0.408. The molecule has 0 atom stereocenters. The van der Waals surface area contributed by atoms with Crippen molar-refractivity contribution in [3.05, 3.63) is 25.3 Å². The molecule has 0 aromatic carbocycles. The second-order valence-electron chi connectivity index (χ2n) is 2.67. The fourth-order valence-corrected chi connectivity index (χ4v) is 0.914. The van der Waals surface area contributed by atoms with Crippen molar-refractivity contribution in [3.8, 4) is 0 Å². The van der Waals surface area contributed by atoms with Crippen LogP contribution in [-0.4, -0.2) is 27.9 Å². The molecule has 5 nitrogen and oxygen atoms in total. The minimum Gasteiger partial charge on any atom is -0.276 e. The second-order valence-corrected chi connectivity index (χ2v) is 3.05. The van der Waals surface area contributed by atoms with Crippen LogP contribution in [0.4, 0.5) is 0 Å². The van der Waals surface area contributed by atoms with Gasteiger partial charge in [0.25, 0.3) is 5.91 Å². The van der Waals surface area contributed by atoms with E-state index in [0.29, 0.717) is 4.90 Å². The third-order valence-corrected chi connectivity index (χ3v) is 1.76. The number of carbonyl (C=O) groups is 4. The summed E-state index contributed by atoms with van der Waals surface area (Å²) in [6, 6.07) is 0. The molecule has 1 fully saturated rings. The third-order valence-electron chi connectivity index (χ3n) is 1.61. The molecule has 1 saturated heterocycles. The lowest BCUT2D eigenvalue weighted by Crippen LogP contribution is -2.33. The van der Waals surface area contributed by atoms with Gasteiger partial charge in [0.15, 0.2) is 0 Å². The van der Waals surface area contributed by atoms with Crippen molar-refractivity contribution < 1.29 is 19.2 Å². The molecule has 0 unspecified atom stereocenters. The minimum atomic E-state index is -0.627. The fourth-order valence-electron chi connectivity index (χ4n) is 0.914. The summed E-state index contributed by atoms with van der Waals surface area (Å²) in [6.45, 7) is 6.26. The van der Waals surface area contributed by atoms with Crippen LogP contribution in [0.1, 0.15) is 12.8 Å². The summed E-state index contributed by atoms with van der Waals surface area (Å²) >= 11 is 4.71. The van der Waals surface area contributed by atoms with Gasteiger partial charge in [0.05, 0.1) is 0 Å². The fraction of sp³-hybridized carbons (Fsp3) is 0.200. The summed E-state index contributed by atoms with van der Waals surface area (Å²) in [5.74, 6) is -1.49. The van der Waals surface area contributed by atoms with Gasteiger partial charge in [-0.3, -0.25) is 19.2 Å². The molecule has 1 aliphatic heterocycles. The van der Waals surface area contributed by atoms with Gasteiger partial charge >= 0.3 is 0 Å². The molecule has 0 saturated carbocycles. The summed E-state index contributed by atoms with van der Waals surface area (Å²) in [5.41, 5.74) is 0. The lowest BCUT2D eigenvalue weighted by atomic mass is 10.4. The number of hydrogen-bond donors (Lipinski definition) is 0. The topological polar surface area (TPSA) is 71.5 Å². The van der Waals surface area contributed by atoms with Gasteiger partial charge in [0.2, 0.25) is 17.1 Å². The molecule has 0 aromatic rings. The highest BCUT2D eigenvalue weighted by Crippen LogP contribution is 2.11. The maximum absolute atomic E-state index is 10.8. The molecule has 16 heavy (non-hydrogen) atoms. The van der Waals surface area contributed by atoms with E-state index in [1.165, 1.54) is 0 Å². The van der Waals surface area contributed by atoms with Gasteiger partial charge in [-0.1, -0.05) is 13.2 Å². The molecule has 86 valence electrons. The molecule has 0 spiro atoms. The van der Waals surface area contributed by atoms with Gasteiger partial charge < -0.3 is 0 Å². The first-order valence-corrected chi connectivity index (χ1v) is 4.66. The Morgan fingerprint density at radius 1 is 1.12 bits per heavy atom. The molecular weight excluding hydrogens is 234 g/mol. The first-order chi connectivity index (χ1) is 7.43. The van der Waals surface area contributed by atoms with Gasteiger partial charge in [-0.25, -0.2) is 4.90 Å². The van der Waals surface area contributed by atoms with Gasteiger partial charge in [0, 0.05) is 12.8 Å². The molecule has 1 rings (SSSR count). The highest BCUT2D eigenvalue weighted by Gasteiger charge is 2.32. The largest absolute Gasteiger partial charge is 0.276 e. The van der Waals surface area contributed by atoms with Crippen LogP contribution in [0.15, 0.2) is 25.3 Å². The Morgan fingerprint density at radius 2 is 1.50 bits per heavy atom. The van der Waals surface area contributed by atoms with Crippen molar-refractivity contribution in [3.63, 3.8) is 0 Å². The normalized spacial score (nSPS) is 13.9. The van der Waals surface area contributed by atoms with Crippen LogP contribution >= 0.6 is 11.6 Å². The predicted molar refractivity (Wildman–Crippen MR) is 57.3 cm³/mol. The highest BCUT2D eigenvalue weighted by atomic mass is 35.5. The molecule has 0 bridgehead atoms. The zero-order valence-corrected chi connectivity index (χ0v) is 9.20. The average Bonchev–Trinajstić information content (AvgIpc) is 2.58. The second kappa shape index (κ2) is 6.68. The molecular formula is C10H10ClNO4. The molecule has 0 aromatic heterocycles. The number of amides is 3. The molecule has 0 radical (unpaired) electrons. The molecule has 1 heterocycles. The first kappa shape index (κ1) is 14.2. The van der Waals surface area contributed by atoms with Crippen LogP contribution in [0.5, 0.6) is 0 Å². The molecule has 0 N–H and O–H groups in total. The summed E-state index contributed by atoms with van der Waals surface area (Å²) in [5, 5.41) is -0.509. The summed E-state index contributed by atoms with van der Waals surface area (Å²) < 4.78 is 0. The van der Waals surface area contributed by atoms with Crippen LogP contribution < -0.4 is 0 Å². The van der Waals surface area contributed by atoms with E-state index in [4.69, 9.17) is 11.6 Å². The Morgan fingerprint density at radius 3 is 1.75 bits per heavy atom. The summed E-state index contributed by atoms with van der Waals surface area (Å²) in [7, 11) is 0. The van der Waals surface area contributed by atoms with Crippen molar-refractivity contribution in [2.24, 2.45) is 0 Å². The Hall–Kier alpha value is -1.75.